The van der Waals surface area contributed by atoms with Gasteiger partial charge >= 0.3 is 0 Å². The zero-order valence-electron chi connectivity index (χ0n) is 12.3. The molecule has 5 heteroatoms. The van der Waals surface area contributed by atoms with Crippen molar-refractivity contribution in [2.24, 2.45) is 0 Å². The summed E-state index contributed by atoms with van der Waals surface area (Å²) in [7, 11) is 0. The molecule has 5 nitrogen and oxygen atoms in total. The SMILES string of the molecule is O=C(NC1CCN(Cc2ccccc2)C1)c1ccc[nH]c1=O. The predicted octanol–water partition coefficient (Wildman–Crippen LogP) is 1.38. The minimum Gasteiger partial charge on any atom is -0.348 e. The number of pyridine rings is 1. The Bertz CT molecular complexity index is 696. The molecule has 22 heavy (non-hydrogen) atoms. The number of hydrogen-bond donors (Lipinski definition) is 2. The van der Waals surface area contributed by atoms with Gasteiger partial charge in [-0.3, -0.25) is 14.5 Å². The Morgan fingerprint density at radius 1 is 1.23 bits per heavy atom. The van der Waals surface area contributed by atoms with E-state index in [9.17, 15) is 9.59 Å². The van der Waals surface area contributed by atoms with Crippen molar-refractivity contribution < 1.29 is 4.79 Å². The molecule has 1 aliphatic rings. The first kappa shape index (κ1) is 14.5. The number of likely N-dealkylation sites (tertiary alicyclic amines) is 1. The van der Waals surface area contributed by atoms with Crippen molar-refractivity contribution >= 4 is 5.91 Å². The fourth-order valence-corrected chi connectivity index (χ4v) is 2.80. The standard InChI is InChI=1S/C17H19N3O2/c21-16-15(7-4-9-18-16)17(22)19-14-8-10-20(12-14)11-13-5-2-1-3-6-13/h1-7,9,14H,8,10-12H2,(H,18,21)(H,19,22). The Kier molecular flexibility index (Phi) is 4.34. The molecule has 1 atom stereocenters. The van der Waals surface area contributed by atoms with Crippen molar-refractivity contribution in [1.82, 2.24) is 15.2 Å². The number of carbonyl (C=O) groups excluding carboxylic acids is 1. The summed E-state index contributed by atoms with van der Waals surface area (Å²) in [5.74, 6) is -0.298. The summed E-state index contributed by atoms with van der Waals surface area (Å²) in [5.41, 5.74) is 1.09. The van der Waals surface area contributed by atoms with Gasteiger partial charge in [-0.15, -0.1) is 0 Å². The summed E-state index contributed by atoms with van der Waals surface area (Å²) in [5, 5.41) is 2.95. The molecule has 2 N–H and O–H groups in total. The number of H-pyrrole nitrogens is 1. The van der Waals surface area contributed by atoms with Crippen LogP contribution in [0.4, 0.5) is 0 Å². The molecular formula is C17H19N3O2. The van der Waals surface area contributed by atoms with Crippen molar-refractivity contribution in [2.75, 3.05) is 13.1 Å². The highest BCUT2D eigenvalue weighted by Crippen LogP contribution is 2.13. The highest BCUT2D eigenvalue weighted by molar-refractivity contribution is 5.93. The van der Waals surface area contributed by atoms with Crippen molar-refractivity contribution in [1.29, 1.82) is 0 Å². The molecule has 1 saturated heterocycles. The Balaban J connectivity index is 1.56. The Morgan fingerprint density at radius 3 is 2.82 bits per heavy atom. The fourth-order valence-electron chi connectivity index (χ4n) is 2.80. The van der Waals surface area contributed by atoms with Crippen LogP contribution in [0.2, 0.25) is 0 Å². The van der Waals surface area contributed by atoms with Crippen LogP contribution in [0.3, 0.4) is 0 Å². The predicted molar refractivity (Wildman–Crippen MR) is 84.7 cm³/mol. The summed E-state index contributed by atoms with van der Waals surface area (Å²) >= 11 is 0. The van der Waals surface area contributed by atoms with Gasteiger partial charge in [-0.05, 0) is 24.1 Å². The van der Waals surface area contributed by atoms with Gasteiger partial charge in [-0.25, -0.2) is 0 Å². The van der Waals surface area contributed by atoms with E-state index in [0.717, 1.165) is 26.1 Å². The van der Waals surface area contributed by atoms with E-state index >= 15 is 0 Å². The Hall–Kier alpha value is -2.40. The van der Waals surface area contributed by atoms with Crippen LogP contribution in [-0.2, 0) is 6.54 Å². The highest BCUT2D eigenvalue weighted by atomic mass is 16.2. The Labute approximate surface area is 129 Å². The Morgan fingerprint density at radius 2 is 2.05 bits per heavy atom. The van der Waals surface area contributed by atoms with E-state index in [1.165, 1.54) is 11.8 Å². The molecule has 2 heterocycles. The molecular weight excluding hydrogens is 278 g/mol. The number of rotatable bonds is 4. The van der Waals surface area contributed by atoms with Gasteiger partial charge in [0, 0.05) is 31.9 Å². The van der Waals surface area contributed by atoms with Crippen LogP contribution in [0.15, 0.2) is 53.5 Å². The molecule has 1 unspecified atom stereocenters. The number of carbonyl (C=O) groups is 1. The van der Waals surface area contributed by atoms with Crippen LogP contribution in [0, 0.1) is 0 Å². The second-order valence-corrected chi connectivity index (χ2v) is 5.59. The lowest BCUT2D eigenvalue weighted by molar-refractivity contribution is 0.0936. The average molecular weight is 297 g/mol. The van der Waals surface area contributed by atoms with Gasteiger partial charge in [-0.2, -0.15) is 0 Å². The van der Waals surface area contributed by atoms with E-state index in [-0.39, 0.29) is 23.1 Å². The number of amides is 1. The number of nitrogens with zero attached hydrogens (tertiary/aromatic N) is 1. The molecule has 0 saturated carbocycles. The van der Waals surface area contributed by atoms with Crippen molar-refractivity contribution in [2.45, 2.75) is 19.0 Å². The quantitative estimate of drug-likeness (QED) is 0.896. The molecule has 2 aromatic rings. The van der Waals surface area contributed by atoms with E-state index in [4.69, 9.17) is 0 Å². The van der Waals surface area contributed by atoms with Gasteiger partial charge < -0.3 is 10.3 Å². The lowest BCUT2D eigenvalue weighted by Gasteiger charge is -2.16. The average Bonchev–Trinajstić information content (AvgIpc) is 2.95. The van der Waals surface area contributed by atoms with Gasteiger partial charge in [-0.1, -0.05) is 30.3 Å². The molecule has 1 aliphatic heterocycles. The first-order valence-corrected chi connectivity index (χ1v) is 7.47. The van der Waals surface area contributed by atoms with Gasteiger partial charge in [0.25, 0.3) is 11.5 Å². The highest BCUT2D eigenvalue weighted by Gasteiger charge is 2.24. The lowest BCUT2D eigenvalue weighted by Crippen LogP contribution is -2.39. The number of aromatic amines is 1. The maximum Gasteiger partial charge on any atom is 0.260 e. The third-order valence-electron chi connectivity index (χ3n) is 3.92. The molecule has 1 amide bonds. The molecule has 1 aromatic heterocycles. The molecule has 0 aliphatic carbocycles. The van der Waals surface area contributed by atoms with Gasteiger partial charge in [0.1, 0.15) is 5.56 Å². The normalized spacial score (nSPS) is 18.3. The summed E-state index contributed by atoms with van der Waals surface area (Å²) in [4.78, 5) is 28.6. The largest absolute Gasteiger partial charge is 0.348 e. The van der Waals surface area contributed by atoms with Gasteiger partial charge in [0.2, 0.25) is 0 Å². The third-order valence-corrected chi connectivity index (χ3v) is 3.92. The van der Waals surface area contributed by atoms with Crippen molar-refractivity contribution in [3.8, 4) is 0 Å². The van der Waals surface area contributed by atoms with Crippen LogP contribution >= 0.6 is 0 Å². The summed E-state index contributed by atoms with van der Waals surface area (Å²) in [6, 6.07) is 13.6. The van der Waals surface area contributed by atoms with E-state index in [2.05, 4.69) is 27.3 Å². The summed E-state index contributed by atoms with van der Waals surface area (Å²) < 4.78 is 0. The van der Waals surface area contributed by atoms with E-state index in [1.807, 2.05) is 18.2 Å². The van der Waals surface area contributed by atoms with Crippen LogP contribution in [0.5, 0.6) is 0 Å². The smallest absolute Gasteiger partial charge is 0.260 e. The molecule has 0 radical (unpaired) electrons. The van der Waals surface area contributed by atoms with E-state index in [0.29, 0.717) is 0 Å². The zero-order chi connectivity index (χ0) is 15.4. The topological polar surface area (TPSA) is 65.2 Å². The number of aromatic nitrogens is 1. The first-order chi connectivity index (χ1) is 10.7. The molecule has 1 aromatic carbocycles. The maximum atomic E-state index is 12.1. The van der Waals surface area contributed by atoms with Crippen LogP contribution < -0.4 is 10.9 Å². The first-order valence-electron chi connectivity index (χ1n) is 7.47. The molecule has 114 valence electrons. The zero-order valence-corrected chi connectivity index (χ0v) is 12.3. The van der Waals surface area contributed by atoms with Crippen molar-refractivity contribution in [3.63, 3.8) is 0 Å². The molecule has 1 fully saturated rings. The molecule has 0 bridgehead atoms. The van der Waals surface area contributed by atoms with Crippen LogP contribution in [0.25, 0.3) is 0 Å². The third kappa shape index (κ3) is 3.43. The fraction of sp³-hybridized carbons (Fsp3) is 0.294. The summed E-state index contributed by atoms with van der Waals surface area (Å²) in [6.07, 6.45) is 2.43. The number of nitrogens with one attached hydrogen (secondary N) is 2. The van der Waals surface area contributed by atoms with E-state index < -0.39 is 0 Å². The minimum absolute atomic E-state index is 0.0934. The summed E-state index contributed by atoms with van der Waals surface area (Å²) in [6.45, 7) is 2.65. The monoisotopic (exact) mass is 297 g/mol. The maximum absolute atomic E-state index is 12.1. The number of hydrogen-bond acceptors (Lipinski definition) is 3. The lowest BCUT2D eigenvalue weighted by atomic mass is 10.2. The van der Waals surface area contributed by atoms with Crippen LogP contribution in [0.1, 0.15) is 22.3 Å². The second kappa shape index (κ2) is 6.58. The van der Waals surface area contributed by atoms with E-state index in [1.54, 1.807) is 12.1 Å². The van der Waals surface area contributed by atoms with Crippen molar-refractivity contribution in [3.05, 3.63) is 70.1 Å². The number of benzene rings is 1. The van der Waals surface area contributed by atoms with Crippen LogP contribution in [-0.4, -0.2) is 34.9 Å². The van der Waals surface area contributed by atoms with Gasteiger partial charge in [0.15, 0.2) is 0 Å². The molecule has 0 spiro atoms. The van der Waals surface area contributed by atoms with Gasteiger partial charge in [0.05, 0.1) is 0 Å². The minimum atomic E-state index is -0.348. The second-order valence-electron chi connectivity index (χ2n) is 5.59. The molecule has 3 rings (SSSR count).